The molecule has 3 aromatic rings. The van der Waals surface area contributed by atoms with Crippen LogP contribution >= 0.6 is 11.8 Å². The standard InChI is InChI=1S/C19H18N4O2S/c1-12(26-19-22-16(20)11-17(24)23-19)18(25)21-15-10-6-5-9-14(15)13-7-3-2-4-8-13/h2-12H,1H3,(H,21,25)(H3,20,22,23,24)/t12-/m0/s1. The van der Waals surface area contributed by atoms with Crippen LogP contribution in [0.4, 0.5) is 11.5 Å². The van der Waals surface area contributed by atoms with Gasteiger partial charge in [-0.15, -0.1) is 0 Å². The normalized spacial score (nSPS) is 11.7. The molecule has 0 saturated heterocycles. The fourth-order valence-electron chi connectivity index (χ4n) is 2.43. The molecule has 26 heavy (non-hydrogen) atoms. The zero-order valence-corrected chi connectivity index (χ0v) is 14.9. The highest BCUT2D eigenvalue weighted by molar-refractivity contribution is 8.00. The number of hydrogen-bond acceptors (Lipinski definition) is 5. The average Bonchev–Trinajstić information content (AvgIpc) is 2.62. The number of anilines is 2. The minimum atomic E-state index is -0.469. The molecule has 3 rings (SSSR count). The van der Waals surface area contributed by atoms with Gasteiger partial charge in [0.15, 0.2) is 5.16 Å². The second-order valence-electron chi connectivity index (χ2n) is 5.64. The SMILES string of the molecule is C[C@H](Sc1nc(N)cc(=O)[nH]1)C(=O)Nc1ccccc1-c1ccccc1. The van der Waals surface area contributed by atoms with Gasteiger partial charge in [-0.1, -0.05) is 60.3 Å². The Balaban J connectivity index is 1.77. The third kappa shape index (κ3) is 4.31. The Labute approximate surface area is 154 Å². The van der Waals surface area contributed by atoms with Crippen molar-refractivity contribution in [3.8, 4) is 11.1 Å². The summed E-state index contributed by atoms with van der Waals surface area (Å²) in [4.78, 5) is 30.7. The Bertz CT molecular complexity index is 973. The van der Waals surface area contributed by atoms with Crippen molar-refractivity contribution in [3.05, 3.63) is 71.0 Å². The molecule has 7 heteroatoms. The number of carbonyl (C=O) groups is 1. The lowest BCUT2D eigenvalue weighted by Gasteiger charge is -2.14. The highest BCUT2D eigenvalue weighted by atomic mass is 32.2. The predicted molar refractivity (Wildman–Crippen MR) is 105 cm³/mol. The molecule has 0 bridgehead atoms. The third-order valence-corrected chi connectivity index (χ3v) is 4.65. The second kappa shape index (κ2) is 7.88. The van der Waals surface area contributed by atoms with E-state index in [0.717, 1.165) is 28.6 Å². The molecule has 1 amide bonds. The summed E-state index contributed by atoms with van der Waals surface area (Å²) in [6.07, 6.45) is 0. The van der Waals surface area contributed by atoms with E-state index in [1.165, 1.54) is 6.07 Å². The molecule has 1 atom stereocenters. The molecule has 6 nitrogen and oxygen atoms in total. The van der Waals surface area contributed by atoms with Gasteiger partial charge in [-0.25, -0.2) is 4.98 Å². The number of hydrogen-bond donors (Lipinski definition) is 3. The molecule has 132 valence electrons. The topological polar surface area (TPSA) is 101 Å². The largest absolute Gasteiger partial charge is 0.383 e. The van der Waals surface area contributed by atoms with E-state index in [1.807, 2.05) is 54.6 Å². The van der Waals surface area contributed by atoms with E-state index < -0.39 is 5.25 Å². The number of thioether (sulfide) groups is 1. The first-order chi connectivity index (χ1) is 12.5. The summed E-state index contributed by atoms with van der Waals surface area (Å²) in [5.74, 6) is -0.0678. The second-order valence-corrected chi connectivity index (χ2v) is 6.97. The summed E-state index contributed by atoms with van der Waals surface area (Å²) < 4.78 is 0. The fraction of sp³-hybridized carbons (Fsp3) is 0.105. The van der Waals surface area contributed by atoms with Crippen LogP contribution in [0.25, 0.3) is 11.1 Å². The molecule has 1 aromatic heterocycles. The number of H-pyrrole nitrogens is 1. The van der Waals surface area contributed by atoms with E-state index in [1.54, 1.807) is 6.92 Å². The Morgan fingerprint density at radius 2 is 1.85 bits per heavy atom. The first-order valence-corrected chi connectivity index (χ1v) is 8.90. The molecule has 0 unspecified atom stereocenters. The molecular weight excluding hydrogens is 348 g/mol. The summed E-state index contributed by atoms with van der Waals surface area (Å²) in [5, 5.41) is 2.79. The van der Waals surface area contributed by atoms with Crippen molar-refractivity contribution in [1.82, 2.24) is 9.97 Å². The van der Waals surface area contributed by atoms with Crippen molar-refractivity contribution < 1.29 is 4.79 Å². The smallest absolute Gasteiger partial charge is 0.253 e. The Kier molecular flexibility index (Phi) is 5.38. The molecule has 0 aliphatic carbocycles. The van der Waals surface area contributed by atoms with E-state index in [9.17, 15) is 9.59 Å². The van der Waals surface area contributed by atoms with Gasteiger partial charge in [0, 0.05) is 17.3 Å². The molecule has 0 fully saturated rings. The number of aromatic amines is 1. The van der Waals surface area contributed by atoms with E-state index >= 15 is 0 Å². The maximum atomic E-state index is 12.6. The van der Waals surface area contributed by atoms with E-state index in [4.69, 9.17) is 5.73 Å². The van der Waals surface area contributed by atoms with Gasteiger partial charge >= 0.3 is 0 Å². The maximum Gasteiger partial charge on any atom is 0.253 e. The van der Waals surface area contributed by atoms with Gasteiger partial charge in [0.1, 0.15) is 5.82 Å². The number of nitrogen functional groups attached to an aromatic ring is 1. The Morgan fingerprint density at radius 1 is 1.15 bits per heavy atom. The Morgan fingerprint density at radius 3 is 2.58 bits per heavy atom. The highest BCUT2D eigenvalue weighted by Gasteiger charge is 2.17. The summed E-state index contributed by atoms with van der Waals surface area (Å²) in [5.41, 5.74) is 7.91. The predicted octanol–water partition coefficient (Wildman–Crippen LogP) is 3.14. The molecule has 4 N–H and O–H groups in total. The minimum Gasteiger partial charge on any atom is -0.383 e. The van der Waals surface area contributed by atoms with Crippen molar-refractivity contribution in [3.63, 3.8) is 0 Å². The number of nitrogens with two attached hydrogens (primary N) is 1. The van der Waals surface area contributed by atoms with Crippen LogP contribution in [0.1, 0.15) is 6.92 Å². The lowest BCUT2D eigenvalue weighted by Crippen LogP contribution is -2.23. The van der Waals surface area contributed by atoms with Crippen LogP contribution < -0.4 is 16.6 Å². The summed E-state index contributed by atoms with van der Waals surface area (Å²) in [6, 6.07) is 18.7. The number of amides is 1. The fourth-order valence-corrected chi connectivity index (χ4v) is 3.24. The number of aromatic nitrogens is 2. The first kappa shape index (κ1) is 17.8. The number of benzene rings is 2. The van der Waals surface area contributed by atoms with Crippen LogP contribution in [-0.4, -0.2) is 21.1 Å². The average molecular weight is 366 g/mol. The third-order valence-electron chi connectivity index (χ3n) is 3.67. The van der Waals surface area contributed by atoms with Crippen LogP contribution in [0.5, 0.6) is 0 Å². The van der Waals surface area contributed by atoms with Crippen LogP contribution in [0.2, 0.25) is 0 Å². The monoisotopic (exact) mass is 366 g/mol. The summed E-state index contributed by atoms with van der Waals surface area (Å²) in [6.45, 7) is 1.74. The van der Waals surface area contributed by atoms with Crippen molar-refractivity contribution in [1.29, 1.82) is 0 Å². The van der Waals surface area contributed by atoms with E-state index in [-0.39, 0.29) is 17.3 Å². The molecule has 2 aromatic carbocycles. The number of para-hydroxylation sites is 1. The van der Waals surface area contributed by atoms with Crippen molar-refractivity contribution >= 4 is 29.2 Å². The molecule has 0 aliphatic rings. The quantitative estimate of drug-likeness (QED) is 0.476. The highest BCUT2D eigenvalue weighted by Crippen LogP contribution is 2.28. The van der Waals surface area contributed by atoms with Crippen LogP contribution in [0.3, 0.4) is 0 Å². The van der Waals surface area contributed by atoms with Crippen LogP contribution in [0, 0.1) is 0 Å². The van der Waals surface area contributed by atoms with Crippen LogP contribution in [-0.2, 0) is 4.79 Å². The van der Waals surface area contributed by atoms with Crippen molar-refractivity contribution in [2.75, 3.05) is 11.1 Å². The summed E-state index contributed by atoms with van der Waals surface area (Å²) >= 11 is 1.14. The lowest BCUT2D eigenvalue weighted by molar-refractivity contribution is -0.115. The minimum absolute atomic E-state index is 0.123. The molecule has 0 spiro atoms. The zero-order chi connectivity index (χ0) is 18.5. The Hall–Kier alpha value is -3.06. The van der Waals surface area contributed by atoms with Gasteiger partial charge in [0.25, 0.3) is 5.56 Å². The molecule has 0 aliphatic heterocycles. The maximum absolute atomic E-state index is 12.6. The molecule has 1 heterocycles. The van der Waals surface area contributed by atoms with Gasteiger partial charge in [-0.3, -0.25) is 9.59 Å². The number of carbonyl (C=O) groups excluding carboxylic acids is 1. The van der Waals surface area contributed by atoms with Crippen molar-refractivity contribution in [2.45, 2.75) is 17.3 Å². The van der Waals surface area contributed by atoms with Gasteiger partial charge in [0.05, 0.1) is 5.25 Å². The number of rotatable bonds is 5. The number of nitrogens with one attached hydrogen (secondary N) is 2. The van der Waals surface area contributed by atoms with Gasteiger partial charge in [-0.2, -0.15) is 0 Å². The van der Waals surface area contributed by atoms with E-state index in [2.05, 4.69) is 15.3 Å². The molecule has 0 radical (unpaired) electrons. The van der Waals surface area contributed by atoms with Gasteiger partial charge in [0.2, 0.25) is 5.91 Å². The zero-order valence-electron chi connectivity index (χ0n) is 14.1. The van der Waals surface area contributed by atoms with Gasteiger partial charge in [-0.05, 0) is 18.6 Å². The molecular formula is C19H18N4O2S. The lowest BCUT2D eigenvalue weighted by atomic mass is 10.0. The molecule has 0 saturated carbocycles. The first-order valence-electron chi connectivity index (χ1n) is 8.02. The van der Waals surface area contributed by atoms with E-state index in [0.29, 0.717) is 5.16 Å². The summed E-state index contributed by atoms with van der Waals surface area (Å²) in [7, 11) is 0. The van der Waals surface area contributed by atoms with Gasteiger partial charge < -0.3 is 16.0 Å². The number of nitrogens with zero attached hydrogens (tertiary/aromatic N) is 1. The van der Waals surface area contributed by atoms with Crippen LogP contribution in [0.15, 0.2) is 70.6 Å². The van der Waals surface area contributed by atoms with Crippen molar-refractivity contribution in [2.24, 2.45) is 0 Å².